The molecule has 0 saturated heterocycles. The second kappa shape index (κ2) is 7.77. The fourth-order valence-corrected chi connectivity index (χ4v) is 1.48. The third-order valence-electron chi connectivity index (χ3n) is 2.05. The van der Waals surface area contributed by atoms with Crippen LogP contribution in [0.2, 0.25) is 0 Å². The first-order valence-electron chi connectivity index (χ1n) is 5.18. The van der Waals surface area contributed by atoms with Crippen molar-refractivity contribution in [2.45, 2.75) is 32.3 Å². The van der Waals surface area contributed by atoms with Gasteiger partial charge in [0.1, 0.15) is 0 Å². The minimum Gasteiger partial charge on any atom is -0.379 e. The van der Waals surface area contributed by atoms with Gasteiger partial charge in [0.05, 0.1) is 12.2 Å². The zero-order chi connectivity index (χ0) is 10.9. The summed E-state index contributed by atoms with van der Waals surface area (Å²) in [6.45, 7) is 13.5. The Morgan fingerprint density at radius 1 is 1.07 bits per heavy atom. The van der Waals surface area contributed by atoms with Gasteiger partial charge in [0, 0.05) is 13.2 Å². The van der Waals surface area contributed by atoms with E-state index in [1.165, 1.54) is 0 Å². The summed E-state index contributed by atoms with van der Waals surface area (Å²) in [6, 6.07) is 0. The summed E-state index contributed by atoms with van der Waals surface area (Å²) >= 11 is 0. The van der Waals surface area contributed by atoms with Crippen molar-refractivity contribution in [1.82, 2.24) is 0 Å². The molecule has 0 spiro atoms. The number of ether oxygens (including phenoxy) is 2. The van der Waals surface area contributed by atoms with E-state index < -0.39 is 0 Å². The highest BCUT2D eigenvalue weighted by Gasteiger charge is 2.27. The molecule has 0 saturated carbocycles. The normalized spacial score (nSPS) is 11.3. The molecule has 2 nitrogen and oxygen atoms in total. The summed E-state index contributed by atoms with van der Waals surface area (Å²) in [5.41, 5.74) is -0.256. The molecule has 0 rings (SSSR count). The number of rotatable bonds is 9. The van der Waals surface area contributed by atoms with Gasteiger partial charge in [-0.05, 0) is 26.7 Å². The first kappa shape index (κ1) is 13.4. The highest BCUT2D eigenvalue weighted by molar-refractivity contribution is 4.93. The molecule has 0 aliphatic carbocycles. The largest absolute Gasteiger partial charge is 0.379 e. The van der Waals surface area contributed by atoms with Gasteiger partial charge in [0.15, 0.2) is 0 Å². The van der Waals surface area contributed by atoms with Crippen molar-refractivity contribution in [3.05, 3.63) is 25.3 Å². The van der Waals surface area contributed by atoms with Crippen LogP contribution in [0.5, 0.6) is 0 Å². The van der Waals surface area contributed by atoms with E-state index in [9.17, 15) is 0 Å². The maximum Gasteiger partial charge on any atom is 0.0982 e. The van der Waals surface area contributed by atoms with Crippen LogP contribution in [0, 0.1) is 0 Å². The standard InChI is InChI=1S/C12H22O2/c1-5-9-12(10-6-2,14-8-4)11-13-7-3/h5-6H,1-2,7-11H2,3-4H3. The van der Waals surface area contributed by atoms with E-state index in [2.05, 4.69) is 13.2 Å². The predicted octanol–water partition coefficient (Wildman–Crippen LogP) is 2.95. The first-order valence-corrected chi connectivity index (χ1v) is 5.18. The van der Waals surface area contributed by atoms with Crippen LogP contribution in [-0.2, 0) is 9.47 Å². The fraction of sp³-hybridized carbons (Fsp3) is 0.667. The lowest BCUT2D eigenvalue weighted by molar-refractivity contribution is -0.0885. The van der Waals surface area contributed by atoms with Crippen molar-refractivity contribution in [2.75, 3.05) is 19.8 Å². The van der Waals surface area contributed by atoms with Crippen LogP contribution < -0.4 is 0 Å². The monoisotopic (exact) mass is 198 g/mol. The Morgan fingerprint density at radius 3 is 2.00 bits per heavy atom. The minimum absolute atomic E-state index is 0.256. The highest BCUT2D eigenvalue weighted by Crippen LogP contribution is 2.22. The van der Waals surface area contributed by atoms with E-state index in [0.717, 1.165) is 12.8 Å². The van der Waals surface area contributed by atoms with Crippen molar-refractivity contribution in [3.63, 3.8) is 0 Å². The van der Waals surface area contributed by atoms with Gasteiger partial charge in [-0.1, -0.05) is 12.2 Å². The maximum absolute atomic E-state index is 5.74. The molecule has 0 unspecified atom stereocenters. The van der Waals surface area contributed by atoms with Crippen molar-refractivity contribution in [2.24, 2.45) is 0 Å². The molecule has 14 heavy (non-hydrogen) atoms. The van der Waals surface area contributed by atoms with Crippen molar-refractivity contribution in [3.8, 4) is 0 Å². The van der Waals surface area contributed by atoms with Crippen molar-refractivity contribution < 1.29 is 9.47 Å². The molecule has 0 N–H and O–H groups in total. The average Bonchev–Trinajstić information content (AvgIpc) is 2.16. The molecule has 0 bridgehead atoms. The van der Waals surface area contributed by atoms with Gasteiger partial charge in [-0.2, -0.15) is 0 Å². The van der Waals surface area contributed by atoms with E-state index in [4.69, 9.17) is 9.47 Å². The lowest BCUT2D eigenvalue weighted by Crippen LogP contribution is -2.37. The van der Waals surface area contributed by atoms with Gasteiger partial charge < -0.3 is 9.47 Å². The maximum atomic E-state index is 5.74. The van der Waals surface area contributed by atoms with E-state index >= 15 is 0 Å². The van der Waals surface area contributed by atoms with Gasteiger partial charge in [-0.3, -0.25) is 0 Å². The molecule has 2 heteroatoms. The summed E-state index contributed by atoms with van der Waals surface area (Å²) in [6.07, 6.45) is 5.34. The quantitative estimate of drug-likeness (QED) is 0.530. The second-order valence-corrected chi connectivity index (χ2v) is 3.24. The summed E-state index contributed by atoms with van der Waals surface area (Å²) in [5, 5.41) is 0. The van der Waals surface area contributed by atoms with Gasteiger partial charge >= 0.3 is 0 Å². The lowest BCUT2D eigenvalue weighted by atomic mass is 9.96. The molecule has 82 valence electrons. The van der Waals surface area contributed by atoms with E-state index in [1.54, 1.807) is 0 Å². The molecule has 0 radical (unpaired) electrons. The molecule has 0 amide bonds. The van der Waals surface area contributed by atoms with Crippen LogP contribution in [0.4, 0.5) is 0 Å². The molecule has 0 aromatic carbocycles. The Kier molecular flexibility index (Phi) is 7.44. The minimum atomic E-state index is -0.256. The van der Waals surface area contributed by atoms with Gasteiger partial charge in [-0.25, -0.2) is 0 Å². The van der Waals surface area contributed by atoms with E-state index in [0.29, 0.717) is 19.8 Å². The molecule has 0 aliphatic rings. The van der Waals surface area contributed by atoms with Crippen LogP contribution in [0.25, 0.3) is 0 Å². The molecule has 0 atom stereocenters. The van der Waals surface area contributed by atoms with Crippen molar-refractivity contribution >= 4 is 0 Å². The third kappa shape index (κ3) is 4.58. The van der Waals surface area contributed by atoms with Gasteiger partial charge in [-0.15, -0.1) is 13.2 Å². The Labute approximate surface area is 87.6 Å². The summed E-state index contributed by atoms with van der Waals surface area (Å²) in [4.78, 5) is 0. The Hall–Kier alpha value is -0.600. The smallest absolute Gasteiger partial charge is 0.0982 e. The number of hydrogen-bond donors (Lipinski definition) is 0. The van der Waals surface area contributed by atoms with Gasteiger partial charge in [0.25, 0.3) is 0 Å². The highest BCUT2D eigenvalue weighted by atomic mass is 16.5. The molecular weight excluding hydrogens is 176 g/mol. The molecule has 0 aromatic heterocycles. The van der Waals surface area contributed by atoms with Crippen LogP contribution in [-0.4, -0.2) is 25.4 Å². The SMILES string of the molecule is C=CCC(CC=C)(COCC)OCC. The predicted molar refractivity (Wildman–Crippen MR) is 60.5 cm³/mol. The Bertz CT molecular complexity index is 154. The van der Waals surface area contributed by atoms with Crippen LogP contribution in [0.3, 0.4) is 0 Å². The Morgan fingerprint density at radius 2 is 1.64 bits per heavy atom. The molecule has 0 aliphatic heterocycles. The van der Waals surface area contributed by atoms with E-state index in [-0.39, 0.29) is 5.60 Å². The topological polar surface area (TPSA) is 18.5 Å². The van der Waals surface area contributed by atoms with Crippen LogP contribution in [0.1, 0.15) is 26.7 Å². The van der Waals surface area contributed by atoms with Gasteiger partial charge in [0.2, 0.25) is 0 Å². The third-order valence-corrected chi connectivity index (χ3v) is 2.05. The summed E-state index contributed by atoms with van der Waals surface area (Å²) in [5.74, 6) is 0. The molecular formula is C12H22O2. The summed E-state index contributed by atoms with van der Waals surface area (Å²) < 4.78 is 11.2. The number of hydrogen-bond acceptors (Lipinski definition) is 2. The Balaban J connectivity index is 4.35. The zero-order valence-electron chi connectivity index (χ0n) is 9.42. The van der Waals surface area contributed by atoms with Crippen molar-refractivity contribution in [1.29, 1.82) is 0 Å². The lowest BCUT2D eigenvalue weighted by Gasteiger charge is -2.31. The summed E-state index contributed by atoms with van der Waals surface area (Å²) in [7, 11) is 0. The van der Waals surface area contributed by atoms with Crippen LogP contribution >= 0.6 is 0 Å². The first-order chi connectivity index (χ1) is 6.74. The molecule has 0 fully saturated rings. The molecule has 0 aromatic rings. The molecule has 0 heterocycles. The second-order valence-electron chi connectivity index (χ2n) is 3.24. The zero-order valence-corrected chi connectivity index (χ0v) is 9.42. The van der Waals surface area contributed by atoms with E-state index in [1.807, 2.05) is 26.0 Å². The average molecular weight is 198 g/mol. The van der Waals surface area contributed by atoms with Crippen LogP contribution in [0.15, 0.2) is 25.3 Å². The fourth-order valence-electron chi connectivity index (χ4n) is 1.48.